The molecule has 0 aliphatic rings. The predicted octanol–water partition coefficient (Wildman–Crippen LogP) is 4.49. The zero-order chi connectivity index (χ0) is 26.9. The fraction of sp³-hybridized carbons (Fsp3) is 0.259. The lowest BCUT2D eigenvalue weighted by Gasteiger charge is -2.22. The molecule has 3 rings (SSSR count). The first-order valence-corrected chi connectivity index (χ1v) is 12.4. The summed E-state index contributed by atoms with van der Waals surface area (Å²) in [6.45, 7) is 10.6. The minimum absolute atomic E-state index is 0.0732. The van der Waals surface area contributed by atoms with Crippen LogP contribution < -0.4 is 28.0 Å². The third-order valence-electron chi connectivity index (χ3n) is 6.16. The molecule has 0 fully saturated rings. The van der Waals surface area contributed by atoms with E-state index in [0.29, 0.717) is 40.2 Å². The summed E-state index contributed by atoms with van der Waals surface area (Å²) in [5, 5.41) is 7.44. The molecule has 1 atom stereocenters. The molecule has 1 unspecified atom stereocenters. The number of hydrazone groups is 1. The average molecular weight is 521 g/mol. The van der Waals surface area contributed by atoms with Gasteiger partial charge in [0.25, 0.3) is 5.56 Å². The number of pyridine rings is 2. The highest BCUT2D eigenvalue weighted by Crippen LogP contribution is 2.32. The number of hydrazine groups is 1. The highest BCUT2D eigenvalue weighted by Gasteiger charge is 2.19. The van der Waals surface area contributed by atoms with Crippen molar-refractivity contribution in [3.8, 4) is 22.3 Å². The Labute approximate surface area is 221 Å². The summed E-state index contributed by atoms with van der Waals surface area (Å²) in [5.41, 5.74) is 5.98. The maximum atomic E-state index is 13.7. The standard InChI is InChI=1S/C27H33ClN8O/c1-5-17(4)25(32-16-24(34-29)35-30)33-26-18(6-2)13-22(27(37)36(26)7-3)21-11-10-19(14-23(21)28)20-9-8-12-31-15-20/h6,8-15,17H,2,5,7,16,29-30H2,1,3-4H3,(H,32,33)(H,34,35). The molecule has 3 aromatic rings. The van der Waals surface area contributed by atoms with E-state index in [4.69, 9.17) is 23.3 Å². The smallest absolute Gasteiger partial charge is 0.260 e. The van der Waals surface area contributed by atoms with Crippen LogP contribution in [0, 0.1) is 5.92 Å². The molecule has 9 nitrogen and oxygen atoms in total. The van der Waals surface area contributed by atoms with E-state index >= 15 is 0 Å². The topological polar surface area (TPSA) is 136 Å². The van der Waals surface area contributed by atoms with Crippen molar-refractivity contribution in [2.75, 3.05) is 11.9 Å². The number of rotatable bonds is 9. The predicted molar refractivity (Wildman–Crippen MR) is 154 cm³/mol. The number of nitrogens with zero attached hydrogens (tertiary/aromatic N) is 4. The van der Waals surface area contributed by atoms with Crippen LogP contribution in [0.2, 0.25) is 5.02 Å². The molecule has 37 heavy (non-hydrogen) atoms. The summed E-state index contributed by atoms with van der Waals surface area (Å²) in [5.74, 6) is 12.5. The van der Waals surface area contributed by atoms with Crippen molar-refractivity contribution in [1.82, 2.24) is 15.0 Å². The zero-order valence-electron chi connectivity index (χ0n) is 21.3. The summed E-state index contributed by atoms with van der Waals surface area (Å²) in [7, 11) is 0. The fourth-order valence-electron chi connectivity index (χ4n) is 3.84. The van der Waals surface area contributed by atoms with E-state index in [2.05, 4.69) is 39.3 Å². The van der Waals surface area contributed by atoms with Crippen molar-refractivity contribution in [3.63, 3.8) is 0 Å². The van der Waals surface area contributed by atoms with Gasteiger partial charge in [-0.2, -0.15) is 5.10 Å². The van der Waals surface area contributed by atoms with E-state index < -0.39 is 0 Å². The van der Waals surface area contributed by atoms with Crippen molar-refractivity contribution in [2.24, 2.45) is 27.7 Å². The molecule has 1 aromatic carbocycles. The van der Waals surface area contributed by atoms with Crippen LogP contribution in [0.15, 0.2) is 70.3 Å². The van der Waals surface area contributed by atoms with Gasteiger partial charge in [-0.05, 0) is 37.1 Å². The molecule has 0 amide bonds. The molecule has 2 aromatic heterocycles. The van der Waals surface area contributed by atoms with E-state index in [1.165, 1.54) is 0 Å². The maximum Gasteiger partial charge on any atom is 0.260 e. The summed E-state index contributed by atoms with van der Waals surface area (Å²) in [4.78, 5) is 22.5. The Hall–Kier alpha value is -3.95. The van der Waals surface area contributed by atoms with Crippen LogP contribution in [0.3, 0.4) is 0 Å². The Morgan fingerprint density at radius 2 is 2.03 bits per heavy atom. The second kappa shape index (κ2) is 12.8. The van der Waals surface area contributed by atoms with Crippen molar-refractivity contribution < 1.29 is 0 Å². The van der Waals surface area contributed by atoms with Gasteiger partial charge in [0.2, 0.25) is 0 Å². The summed E-state index contributed by atoms with van der Waals surface area (Å²) in [6, 6.07) is 11.3. The minimum Gasteiger partial charge on any atom is -0.329 e. The summed E-state index contributed by atoms with van der Waals surface area (Å²) in [6.07, 6.45) is 6.02. The molecular weight excluding hydrogens is 488 g/mol. The van der Waals surface area contributed by atoms with Crippen LogP contribution in [0.25, 0.3) is 28.3 Å². The molecule has 0 saturated carbocycles. The monoisotopic (exact) mass is 520 g/mol. The molecule has 6 N–H and O–H groups in total. The first-order chi connectivity index (χ1) is 17.9. The first-order valence-electron chi connectivity index (χ1n) is 12.0. The van der Waals surface area contributed by atoms with Crippen LogP contribution in [0.4, 0.5) is 5.82 Å². The third-order valence-corrected chi connectivity index (χ3v) is 6.47. The Bertz CT molecular complexity index is 1360. The number of benzene rings is 1. The molecule has 10 heteroatoms. The van der Waals surface area contributed by atoms with E-state index in [0.717, 1.165) is 23.1 Å². The number of aliphatic imine (C=N–C) groups is 1. The molecule has 0 saturated heterocycles. The van der Waals surface area contributed by atoms with Crippen molar-refractivity contribution >= 4 is 35.2 Å². The Balaban J connectivity index is 2.10. The van der Waals surface area contributed by atoms with Gasteiger partial charge in [-0.15, -0.1) is 0 Å². The van der Waals surface area contributed by atoms with Crippen LogP contribution >= 0.6 is 11.6 Å². The second-order valence-electron chi connectivity index (χ2n) is 8.41. The van der Waals surface area contributed by atoms with Gasteiger partial charge < -0.3 is 16.6 Å². The van der Waals surface area contributed by atoms with E-state index in [1.54, 1.807) is 29.1 Å². The fourth-order valence-corrected chi connectivity index (χ4v) is 4.12. The lowest BCUT2D eigenvalue weighted by Crippen LogP contribution is -2.35. The number of hydrogen-bond donors (Lipinski definition) is 4. The number of anilines is 1. The number of nitrogens with one attached hydrogen (secondary N) is 2. The van der Waals surface area contributed by atoms with Crippen LogP contribution in [0.1, 0.15) is 32.8 Å². The zero-order valence-corrected chi connectivity index (χ0v) is 22.1. The SMILES string of the molecule is C=Cc1cc(-c2ccc(-c3cccnc3)cc2Cl)c(=O)n(CC)c1NC(=NC/C(=N\N)NN)C(C)CC. The van der Waals surface area contributed by atoms with Gasteiger partial charge in [0.15, 0.2) is 5.84 Å². The molecule has 0 radical (unpaired) electrons. The molecule has 194 valence electrons. The Kier molecular flexibility index (Phi) is 9.59. The highest BCUT2D eigenvalue weighted by atomic mass is 35.5. The van der Waals surface area contributed by atoms with Crippen LogP contribution in [-0.2, 0) is 6.54 Å². The third kappa shape index (κ3) is 6.25. The highest BCUT2D eigenvalue weighted by molar-refractivity contribution is 6.33. The van der Waals surface area contributed by atoms with Gasteiger partial charge in [0.05, 0.1) is 0 Å². The second-order valence-corrected chi connectivity index (χ2v) is 8.81. The van der Waals surface area contributed by atoms with Crippen LogP contribution in [-0.4, -0.2) is 27.8 Å². The van der Waals surface area contributed by atoms with E-state index in [9.17, 15) is 4.79 Å². The Morgan fingerprint density at radius 3 is 2.59 bits per heavy atom. The average Bonchev–Trinajstić information content (AvgIpc) is 2.93. The summed E-state index contributed by atoms with van der Waals surface area (Å²) >= 11 is 6.69. The van der Waals surface area contributed by atoms with Gasteiger partial charge in [-0.25, -0.2) is 5.84 Å². The van der Waals surface area contributed by atoms with Gasteiger partial charge in [0.1, 0.15) is 18.2 Å². The largest absolute Gasteiger partial charge is 0.329 e. The van der Waals surface area contributed by atoms with Gasteiger partial charge in [0, 0.05) is 52.1 Å². The summed E-state index contributed by atoms with van der Waals surface area (Å²) < 4.78 is 1.66. The van der Waals surface area contributed by atoms with Crippen molar-refractivity contribution in [2.45, 2.75) is 33.7 Å². The van der Waals surface area contributed by atoms with E-state index in [-0.39, 0.29) is 18.0 Å². The van der Waals surface area contributed by atoms with Gasteiger partial charge >= 0.3 is 0 Å². The molecular formula is C27H33ClN8O. The number of amidine groups is 2. The van der Waals surface area contributed by atoms with Crippen molar-refractivity contribution in [1.29, 1.82) is 0 Å². The molecule has 0 spiro atoms. The lowest BCUT2D eigenvalue weighted by molar-refractivity contribution is 0.719. The lowest BCUT2D eigenvalue weighted by atomic mass is 10.00. The molecule has 2 heterocycles. The maximum absolute atomic E-state index is 13.7. The molecule has 0 aliphatic heterocycles. The van der Waals surface area contributed by atoms with E-state index in [1.807, 2.05) is 44.2 Å². The molecule has 0 aliphatic carbocycles. The van der Waals surface area contributed by atoms with Gasteiger partial charge in [-0.3, -0.25) is 19.3 Å². The van der Waals surface area contributed by atoms with Crippen LogP contribution in [0.5, 0.6) is 0 Å². The number of nitrogens with two attached hydrogens (primary N) is 2. The van der Waals surface area contributed by atoms with Gasteiger partial charge in [-0.1, -0.05) is 56.3 Å². The van der Waals surface area contributed by atoms with Crippen molar-refractivity contribution in [3.05, 3.63) is 76.3 Å². The Morgan fingerprint density at radius 1 is 1.24 bits per heavy atom. The number of halogens is 1. The molecule has 0 bridgehead atoms. The normalized spacial score (nSPS) is 12.8. The number of aromatic nitrogens is 2. The quantitative estimate of drug-likeness (QED) is 0.142. The number of hydrogen-bond acceptors (Lipinski definition) is 6. The minimum atomic E-state index is -0.178. The first kappa shape index (κ1) is 27.6.